The smallest absolute Gasteiger partial charge is 0.225 e. The predicted octanol–water partition coefficient (Wildman–Crippen LogP) is 3.16. The van der Waals surface area contributed by atoms with Gasteiger partial charge in [0, 0.05) is 37.1 Å². The Balaban J connectivity index is 2.67. The van der Waals surface area contributed by atoms with E-state index >= 15 is 0 Å². The maximum absolute atomic E-state index is 4.65. The Morgan fingerprint density at radius 3 is 2.55 bits per heavy atom. The molecule has 0 fully saturated rings. The number of anilines is 1. The van der Waals surface area contributed by atoms with E-state index in [1.54, 1.807) is 0 Å². The van der Waals surface area contributed by atoms with Crippen LogP contribution in [0.3, 0.4) is 0 Å². The van der Waals surface area contributed by atoms with E-state index in [0.717, 1.165) is 31.2 Å². The standard InChI is InChI=1S/C16H30N4/c1-7-8-13(4)20(6)16-18-11-15(14(5)19-16)10-17-9-12(2)3/h11-13,17H,7-10H2,1-6H3. The summed E-state index contributed by atoms with van der Waals surface area (Å²) in [6, 6.07) is 0.476. The SMILES string of the molecule is CCCC(C)N(C)c1ncc(CNCC(C)C)c(C)n1. The summed E-state index contributed by atoms with van der Waals surface area (Å²) < 4.78 is 0. The Morgan fingerprint density at radius 2 is 2.00 bits per heavy atom. The van der Waals surface area contributed by atoms with Crippen molar-refractivity contribution in [2.45, 2.75) is 60.0 Å². The van der Waals surface area contributed by atoms with Crippen LogP contribution in [0.15, 0.2) is 6.20 Å². The molecule has 1 heterocycles. The summed E-state index contributed by atoms with van der Waals surface area (Å²) in [4.78, 5) is 11.3. The molecule has 0 aliphatic heterocycles. The minimum Gasteiger partial charge on any atom is -0.341 e. The first-order valence-corrected chi connectivity index (χ1v) is 7.71. The number of aromatic nitrogens is 2. The summed E-state index contributed by atoms with van der Waals surface area (Å²) in [5.41, 5.74) is 2.26. The van der Waals surface area contributed by atoms with Crippen LogP contribution in [0.4, 0.5) is 5.95 Å². The molecule has 1 N–H and O–H groups in total. The molecule has 0 saturated carbocycles. The second-order valence-electron chi connectivity index (χ2n) is 6.05. The molecule has 1 aromatic rings. The predicted molar refractivity (Wildman–Crippen MR) is 86.1 cm³/mol. The lowest BCUT2D eigenvalue weighted by Gasteiger charge is -2.25. The van der Waals surface area contributed by atoms with Gasteiger partial charge in [0.2, 0.25) is 5.95 Å². The van der Waals surface area contributed by atoms with Gasteiger partial charge in [-0.15, -0.1) is 0 Å². The van der Waals surface area contributed by atoms with Gasteiger partial charge < -0.3 is 10.2 Å². The van der Waals surface area contributed by atoms with E-state index in [1.807, 2.05) is 6.20 Å². The first-order chi connectivity index (χ1) is 9.45. The Hall–Kier alpha value is -1.16. The summed E-state index contributed by atoms with van der Waals surface area (Å²) in [6.45, 7) is 12.8. The normalized spacial score (nSPS) is 12.8. The Kier molecular flexibility index (Phi) is 6.93. The molecule has 0 aliphatic carbocycles. The second kappa shape index (κ2) is 8.20. The van der Waals surface area contributed by atoms with E-state index in [4.69, 9.17) is 0 Å². The monoisotopic (exact) mass is 278 g/mol. The largest absolute Gasteiger partial charge is 0.341 e. The van der Waals surface area contributed by atoms with Crippen molar-refractivity contribution < 1.29 is 0 Å². The van der Waals surface area contributed by atoms with Crippen molar-refractivity contribution in [2.24, 2.45) is 5.92 Å². The molecule has 1 atom stereocenters. The summed E-state index contributed by atoms with van der Waals surface area (Å²) in [7, 11) is 2.08. The summed E-state index contributed by atoms with van der Waals surface area (Å²) in [6.07, 6.45) is 4.30. The number of hydrogen-bond acceptors (Lipinski definition) is 4. The molecule has 0 radical (unpaired) electrons. The topological polar surface area (TPSA) is 41.1 Å². The van der Waals surface area contributed by atoms with Crippen LogP contribution in [0.5, 0.6) is 0 Å². The second-order valence-corrected chi connectivity index (χ2v) is 6.05. The van der Waals surface area contributed by atoms with Gasteiger partial charge in [0.1, 0.15) is 0 Å². The average Bonchev–Trinajstić information content (AvgIpc) is 2.39. The lowest BCUT2D eigenvalue weighted by Crippen LogP contribution is -2.30. The van der Waals surface area contributed by atoms with Crippen LogP contribution in [0.25, 0.3) is 0 Å². The summed E-state index contributed by atoms with van der Waals surface area (Å²) >= 11 is 0. The van der Waals surface area contributed by atoms with Crippen molar-refractivity contribution in [3.8, 4) is 0 Å². The quantitative estimate of drug-likeness (QED) is 0.793. The molecule has 0 bridgehead atoms. The molecule has 114 valence electrons. The molecule has 20 heavy (non-hydrogen) atoms. The van der Waals surface area contributed by atoms with E-state index in [-0.39, 0.29) is 0 Å². The molecular formula is C16H30N4. The first-order valence-electron chi connectivity index (χ1n) is 7.71. The van der Waals surface area contributed by atoms with Gasteiger partial charge in [0.05, 0.1) is 0 Å². The molecule has 1 aromatic heterocycles. The van der Waals surface area contributed by atoms with E-state index in [0.29, 0.717) is 12.0 Å². The van der Waals surface area contributed by atoms with Gasteiger partial charge >= 0.3 is 0 Å². The molecule has 4 nitrogen and oxygen atoms in total. The molecule has 1 unspecified atom stereocenters. The van der Waals surface area contributed by atoms with Gasteiger partial charge in [-0.1, -0.05) is 27.2 Å². The van der Waals surface area contributed by atoms with Crippen LogP contribution in [-0.4, -0.2) is 29.6 Å². The number of hydrogen-bond donors (Lipinski definition) is 1. The molecule has 1 rings (SSSR count). The van der Waals surface area contributed by atoms with Gasteiger partial charge in [0.25, 0.3) is 0 Å². The van der Waals surface area contributed by atoms with Crippen LogP contribution in [0.2, 0.25) is 0 Å². The number of aryl methyl sites for hydroxylation is 1. The fourth-order valence-electron chi connectivity index (χ4n) is 2.13. The fraction of sp³-hybridized carbons (Fsp3) is 0.750. The van der Waals surface area contributed by atoms with Crippen molar-refractivity contribution in [1.82, 2.24) is 15.3 Å². The molecule has 0 amide bonds. The Bertz CT molecular complexity index is 403. The molecular weight excluding hydrogens is 248 g/mol. The first kappa shape index (κ1) is 16.9. The maximum Gasteiger partial charge on any atom is 0.225 e. The minimum atomic E-state index is 0.476. The van der Waals surface area contributed by atoms with Crippen LogP contribution in [0.1, 0.15) is 51.8 Å². The zero-order chi connectivity index (χ0) is 15.1. The van der Waals surface area contributed by atoms with E-state index in [2.05, 4.69) is 61.9 Å². The number of nitrogens with one attached hydrogen (secondary N) is 1. The highest BCUT2D eigenvalue weighted by Crippen LogP contribution is 2.14. The lowest BCUT2D eigenvalue weighted by atomic mass is 10.2. The number of rotatable bonds is 8. The van der Waals surface area contributed by atoms with E-state index < -0.39 is 0 Å². The number of nitrogens with zero attached hydrogens (tertiary/aromatic N) is 3. The highest BCUT2D eigenvalue weighted by atomic mass is 15.2. The van der Waals surface area contributed by atoms with Gasteiger partial charge in [0.15, 0.2) is 0 Å². The molecule has 0 saturated heterocycles. The van der Waals surface area contributed by atoms with Crippen LogP contribution in [0, 0.1) is 12.8 Å². The third-order valence-corrected chi connectivity index (χ3v) is 3.62. The molecule has 0 aromatic carbocycles. The Morgan fingerprint density at radius 1 is 1.30 bits per heavy atom. The lowest BCUT2D eigenvalue weighted by molar-refractivity contribution is 0.549. The van der Waals surface area contributed by atoms with E-state index in [1.165, 1.54) is 12.0 Å². The highest BCUT2D eigenvalue weighted by molar-refractivity contribution is 5.33. The van der Waals surface area contributed by atoms with Gasteiger partial charge in [-0.25, -0.2) is 9.97 Å². The fourth-order valence-corrected chi connectivity index (χ4v) is 2.13. The van der Waals surface area contributed by atoms with E-state index in [9.17, 15) is 0 Å². The van der Waals surface area contributed by atoms with Crippen LogP contribution < -0.4 is 10.2 Å². The van der Waals surface area contributed by atoms with Crippen LogP contribution >= 0.6 is 0 Å². The summed E-state index contributed by atoms with van der Waals surface area (Å²) in [5.74, 6) is 1.49. The van der Waals surface area contributed by atoms with Crippen molar-refractivity contribution in [3.63, 3.8) is 0 Å². The Labute approximate surface area is 124 Å². The summed E-state index contributed by atoms with van der Waals surface area (Å²) in [5, 5.41) is 3.44. The zero-order valence-corrected chi connectivity index (χ0v) is 13.9. The molecule has 4 heteroatoms. The zero-order valence-electron chi connectivity index (χ0n) is 13.9. The molecule has 0 spiro atoms. The minimum absolute atomic E-state index is 0.476. The van der Waals surface area contributed by atoms with Gasteiger partial charge in [-0.3, -0.25) is 0 Å². The molecule has 0 aliphatic rings. The third-order valence-electron chi connectivity index (χ3n) is 3.62. The van der Waals surface area contributed by atoms with Crippen molar-refractivity contribution in [2.75, 3.05) is 18.5 Å². The third kappa shape index (κ3) is 5.08. The van der Waals surface area contributed by atoms with Crippen molar-refractivity contribution >= 4 is 5.95 Å². The van der Waals surface area contributed by atoms with Gasteiger partial charge in [-0.2, -0.15) is 0 Å². The van der Waals surface area contributed by atoms with Crippen molar-refractivity contribution in [1.29, 1.82) is 0 Å². The average molecular weight is 278 g/mol. The van der Waals surface area contributed by atoms with Crippen molar-refractivity contribution in [3.05, 3.63) is 17.5 Å². The van der Waals surface area contributed by atoms with Crippen LogP contribution in [-0.2, 0) is 6.54 Å². The van der Waals surface area contributed by atoms with Gasteiger partial charge in [-0.05, 0) is 32.7 Å². The highest BCUT2D eigenvalue weighted by Gasteiger charge is 2.13. The maximum atomic E-state index is 4.65.